The molecule has 1 amide bonds. The largest absolute Gasteiger partial charge is 0.494 e. The van der Waals surface area contributed by atoms with Gasteiger partial charge in [-0.1, -0.05) is 32.0 Å². The molecule has 1 heterocycles. The molecule has 0 atom stereocenters. The van der Waals surface area contributed by atoms with Crippen LogP contribution < -0.4 is 9.64 Å². The molecule has 0 aromatic heterocycles. The first-order valence-corrected chi connectivity index (χ1v) is 12.0. The molecule has 2 aromatic rings. The quantitative estimate of drug-likeness (QED) is 0.567. The molecule has 2 aromatic carbocycles. The molecule has 0 spiro atoms. The molecule has 1 aliphatic rings. The average Bonchev–Trinajstić information content (AvgIpc) is 2.77. The number of hydrogen-bond acceptors (Lipinski definition) is 4. The summed E-state index contributed by atoms with van der Waals surface area (Å²) in [6.07, 6.45) is 2.63. The van der Waals surface area contributed by atoms with E-state index < -0.39 is 10.0 Å². The van der Waals surface area contributed by atoms with Crippen LogP contribution in [-0.2, 0) is 21.2 Å². The van der Waals surface area contributed by atoms with Gasteiger partial charge in [0.1, 0.15) is 5.75 Å². The van der Waals surface area contributed by atoms with Crippen molar-refractivity contribution in [3.05, 3.63) is 54.1 Å². The van der Waals surface area contributed by atoms with E-state index in [1.807, 2.05) is 44.2 Å². The summed E-state index contributed by atoms with van der Waals surface area (Å²) in [5.74, 6) is 0.849. The van der Waals surface area contributed by atoms with Gasteiger partial charge in [0.25, 0.3) is 0 Å². The van der Waals surface area contributed by atoms with Crippen LogP contribution in [-0.4, -0.2) is 44.9 Å². The molecular weight excluding hydrogens is 400 g/mol. The lowest BCUT2D eigenvalue weighted by molar-refractivity contribution is -0.118. The second-order valence-electron chi connectivity index (χ2n) is 7.29. The second kappa shape index (κ2) is 10.1. The van der Waals surface area contributed by atoms with Gasteiger partial charge >= 0.3 is 0 Å². The Morgan fingerprint density at radius 1 is 1.10 bits per heavy atom. The number of para-hydroxylation sites is 1. The molecule has 0 aliphatic carbocycles. The number of nitrogens with zero attached hydrogens (tertiary/aromatic N) is 2. The van der Waals surface area contributed by atoms with Crippen LogP contribution in [0.1, 0.15) is 38.7 Å². The zero-order chi connectivity index (χ0) is 21.6. The van der Waals surface area contributed by atoms with Crippen LogP contribution in [0.15, 0.2) is 53.4 Å². The average molecular weight is 431 g/mol. The number of ether oxygens (including phenoxy) is 1. The van der Waals surface area contributed by atoms with Crippen molar-refractivity contribution in [3.8, 4) is 5.75 Å². The van der Waals surface area contributed by atoms with Crippen molar-refractivity contribution in [1.29, 1.82) is 0 Å². The highest BCUT2D eigenvalue weighted by molar-refractivity contribution is 7.89. The number of benzene rings is 2. The first-order chi connectivity index (χ1) is 14.5. The third-order valence-corrected chi connectivity index (χ3v) is 7.41. The second-order valence-corrected chi connectivity index (χ2v) is 9.23. The number of sulfonamides is 1. The maximum Gasteiger partial charge on any atom is 0.243 e. The molecule has 0 unspecified atom stereocenters. The molecule has 0 saturated heterocycles. The molecule has 0 bridgehead atoms. The van der Waals surface area contributed by atoms with E-state index in [4.69, 9.17) is 4.74 Å². The van der Waals surface area contributed by atoms with Gasteiger partial charge in [-0.15, -0.1) is 0 Å². The van der Waals surface area contributed by atoms with Crippen LogP contribution in [0.2, 0.25) is 0 Å². The van der Waals surface area contributed by atoms with E-state index in [1.165, 1.54) is 4.31 Å². The molecule has 0 saturated carbocycles. The smallest absolute Gasteiger partial charge is 0.243 e. The van der Waals surface area contributed by atoms with Crippen LogP contribution in [0.25, 0.3) is 0 Å². The van der Waals surface area contributed by atoms with Gasteiger partial charge in [-0.05, 0) is 55.2 Å². The Hall–Kier alpha value is -2.38. The number of aryl methyl sites for hydroxylation is 1. The highest BCUT2D eigenvalue weighted by Crippen LogP contribution is 2.31. The zero-order valence-corrected chi connectivity index (χ0v) is 18.5. The maximum atomic E-state index is 12.8. The standard InChI is InChI=1S/C23H30N2O4S/c1-3-24(4-2)30(27,28)21-14-15-22-19(18-21)10-8-16-25(22)23(26)13-9-17-29-20-11-6-5-7-12-20/h5-7,11-12,14-15,18H,3-4,8-10,13,16-17H2,1-2H3. The molecule has 6 nitrogen and oxygen atoms in total. The first kappa shape index (κ1) is 22.3. The van der Waals surface area contributed by atoms with Crippen LogP contribution in [0.3, 0.4) is 0 Å². The Labute approximate surface area is 179 Å². The SMILES string of the molecule is CCN(CC)S(=O)(=O)c1ccc2c(c1)CCCN2C(=O)CCCOc1ccccc1. The van der Waals surface area contributed by atoms with E-state index >= 15 is 0 Å². The predicted octanol–water partition coefficient (Wildman–Crippen LogP) is 3.86. The number of fused-ring (bicyclic) bond motifs is 1. The van der Waals surface area contributed by atoms with E-state index in [-0.39, 0.29) is 5.91 Å². The Balaban J connectivity index is 1.66. The number of carbonyl (C=O) groups excluding carboxylic acids is 1. The van der Waals surface area contributed by atoms with Crippen molar-refractivity contribution in [2.24, 2.45) is 0 Å². The summed E-state index contributed by atoms with van der Waals surface area (Å²) in [6.45, 7) is 5.69. The lowest BCUT2D eigenvalue weighted by Crippen LogP contribution is -2.36. The Morgan fingerprint density at radius 3 is 2.53 bits per heavy atom. The highest BCUT2D eigenvalue weighted by Gasteiger charge is 2.26. The summed E-state index contributed by atoms with van der Waals surface area (Å²) in [6, 6.07) is 14.7. The van der Waals surface area contributed by atoms with Gasteiger partial charge in [0.2, 0.25) is 15.9 Å². The summed E-state index contributed by atoms with van der Waals surface area (Å²) in [7, 11) is -3.50. The van der Waals surface area contributed by atoms with Crippen molar-refractivity contribution in [2.45, 2.75) is 44.4 Å². The third kappa shape index (κ3) is 5.02. The lowest BCUT2D eigenvalue weighted by Gasteiger charge is -2.30. The van der Waals surface area contributed by atoms with E-state index in [0.29, 0.717) is 44.0 Å². The van der Waals surface area contributed by atoms with Crippen LogP contribution in [0, 0.1) is 0 Å². The topological polar surface area (TPSA) is 66.9 Å². The highest BCUT2D eigenvalue weighted by atomic mass is 32.2. The van der Waals surface area contributed by atoms with Crippen molar-refractivity contribution < 1.29 is 17.9 Å². The van der Waals surface area contributed by atoms with E-state index in [0.717, 1.165) is 29.8 Å². The first-order valence-electron chi connectivity index (χ1n) is 10.6. The Bertz CT molecular complexity index is 956. The van der Waals surface area contributed by atoms with Gasteiger partial charge in [-0.3, -0.25) is 4.79 Å². The normalized spacial score (nSPS) is 13.9. The number of hydrogen-bond donors (Lipinski definition) is 0. The van der Waals surface area contributed by atoms with Crippen LogP contribution in [0.4, 0.5) is 5.69 Å². The molecule has 0 fully saturated rings. The summed E-state index contributed by atoms with van der Waals surface area (Å²) in [4.78, 5) is 14.9. The van der Waals surface area contributed by atoms with Gasteiger partial charge in [-0.2, -0.15) is 4.31 Å². The van der Waals surface area contributed by atoms with Gasteiger partial charge in [0.05, 0.1) is 11.5 Å². The van der Waals surface area contributed by atoms with Crippen molar-refractivity contribution in [3.63, 3.8) is 0 Å². The van der Waals surface area contributed by atoms with Crippen molar-refractivity contribution in [2.75, 3.05) is 31.1 Å². The molecular formula is C23H30N2O4S. The molecule has 162 valence electrons. The zero-order valence-electron chi connectivity index (χ0n) is 17.7. The molecule has 0 N–H and O–H groups in total. The van der Waals surface area contributed by atoms with Crippen molar-refractivity contribution >= 4 is 21.6 Å². The summed E-state index contributed by atoms with van der Waals surface area (Å²) < 4.78 is 32.8. The number of amides is 1. The van der Waals surface area contributed by atoms with Gasteiger partial charge in [0.15, 0.2) is 0 Å². The lowest BCUT2D eigenvalue weighted by atomic mass is 10.0. The van der Waals surface area contributed by atoms with E-state index in [9.17, 15) is 13.2 Å². The Morgan fingerprint density at radius 2 is 1.83 bits per heavy atom. The molecule has 30 heavy (non-hydrogen) atoms. The molecule has 7 heteroatoms. The Kier molecular flexibility index (Phi) is 7.50. The predicted molar refractivity (Wildman–Crippen MR) is 118 cm³/mol. The fourth-order valence-corrected chi connectivity index (χ4v) is 5.28. The van der Waals surface area contributed by atoms with E-state index in [2.05, 4.69) is 0 Å². The molecule has 3 rings (SSSR count). The van der Waals surface area contributed by atoms with Gasteiger partial charge in [0, 0.05) is 31.7 Å². The summed E-state index contributed by atoms with van der Waals surface area (Å²) in [5, 5.41) is 0. The fourth-order valence-electron chi connectivity index (χ4n) is 3.77. The fraction of sp³-hybridized carbons (Fsp3) is 0.435. The maximum absolute atomic E-state index is 12.8. The van der Waals surface area contributed by atoms with Gasteiger partial charge in [-0.25, -0.2) is 8.42 Å². The van der Waals surface area contributed by atoms with Crippen LogP contribution in [0.5, 0.6) is 5.75 Å². The monoisotopic (exact) mass is 430 g/mol. The molecule has 0 radical (unpaired) electrons. The van der Waals surface area contributed by atoms with Crippen molar-refractivity contribution in [1.82, 2.24) is 4.31 Å². The summed E-state index contributed by atoms with van der Waals surface area (Å²) in [5.41, 5.74) is 1.75. The third-order valence-electron chi connectivity index (χ3n) is 5.36. The van der Waals surface area contributed by atoms with Crippen LogP contribution >= 0.6 is 0 Å². The number of rotatable bonds is 9. The van der Waals surface area contributed by atoms with E-state index in [1.54, 1.807) is 23.1 Å². The van der Waals surface area contributed by atoms with Gasteiger partial charge < -0.3 is 9.64 Å². The minimum atomic E-state index is -3.50. The summed E-state index contributed by atoms with van der Waals surface area (Å²) >= 11 is 0. The minimum absolute atomic E-state index is 0.0481. The minimum Gasteiger partial charge on any atom is -0.494 e. The number of carbonyl (C=O) groups is 1. The number of anilines is 1. The molecule has 1 aliphatic heterocycles.